The molecule has 1 N–H and O–H groups in total. The normalized spacial score (nSPS) is 10.8. The monoisotopic (exact) mass is 378 g/mol. The molecule has 0 aliphatic heterocycles. The van der Waals surface area contributed by atoms with E-state index < -0.39 is 0 Å². The molecular formula is C25H22N4. The quantitative estimate of drug-likeness (QED) is 0.324. The Kier molecular flexibility index (Phi) is 5.77. The number of allylic oxidation sites excluding steroid dienone is 3. The van der Waals surface area contributed by atoms with Crippen LogP contribution in [0, 0.1) is 13.1 Å². The molecule has 0 fully saturated rings. The lowest BCUT2D eigenvalue weighted by molar-refractivity contribution is 0.442. The number of fused-ring (bicyclic) bond motifs is 1. The van der Waals surface area contributed by atoms with Crippen molar-refractivity contribution in [2.45, 2.75) is 24.7 Å². The highest BCUT2D eigenvalue weighted by Crippen LogP contribution is 2.38. The minimum absolute atomic E-state index is 0.0906. The van der Waals surface area contributed by atoms with E-state index in [0.717, 1.165) is 30.3 Å². The first-order valence-electron chi connectivity index (χ1n) is 9.33. The molecule has 142 valence electrons. The molecule has 0 radical (unpaired) electrons. The topological polar surface area (TPSA) is 37.4 Å². The summed E-state index contributed by atoms with van der Waals surface area (Å²) >= 11 is 0. The van der Waals surface area contributed by atoms with Gasteiger partial charge in [-0.25, -0.2) is 4.98 Å². The fourth-order valence-corrected chi connectivity index (χ4v) is 3.76. The van der Waals surface area contributed by atoms with Crippen LogP contribution in [-0.4, -0.2) is 9.97 Å². The molecule has 0 bridgehead atoms. The lowest BCUT2D eigenvalue weighted by Crippen LogP contribution is -2.24. The molecule has 2 aromatic carbocycles. The van der Waals surface area contributed by atoms with Crippen LogP contribution in [0.2, 0.25) is 0 Å². The molecule has 1 heterocycles. The second kappa shape index (κ2) is 8.42. The Balaban J connectivity index is 2.02. The number of nitrogens with zero attached hydrogens (tertiary/aromatic N) is 3. The molecule has 0 amide bonds. The lowest BCUT2D eigenvalue weighted by Gasteiger charge is -2.32. The van der Waals surface area contributed by atoms with Crippen molar-refractivity contribution >= 4 is 22.4 Å². The van der Waals surface area contributed by atoms with Gasteiger partial charge < -0.3 is 4.98 Å². The molecule has 29 heavy (non-hydrogen) atoms. The summed E-state index contributed by atoms with van der Waals surface area (Å²) in [5, 5.41) is 0. The van der Waals surface area contributed by atoms with Gasteiger partial charge in [0.05, 0.1) is 24.2 Å². The number of imidazole rings is 1. The van der Waals surface area contributed by atoms with E-state index in [4.69, 9.17) is 13.1 Å². The SMILES string of the molecule is [C-]#[N+]c1cc2nc(-c3ccc(C(CC=C)(CC=C)CC=C)cc3)[nH]c2cc1[N+]#[C-]. The molecule has 0 unspecified atom stereocenters. The van der Waals surface area contributed by atoms with Crippen molar-refractivity contribution < 1.29 is 0 Å². The fourth-order valence-electron chi connectivity index (χ4n) is 3.76. The Morgan fingerprint density at radius 2 is 1.45 bits per heavy atom. The minimum atomic E-state index is -0.0906. The standard InChI is InChI=1S/C25H22N4/c1-6-13-25(14-7-2,15-8-3)19-11-9-18(10-12-19)24-28-22-16-20(26-4)21(27-5)17-23(22)29-24/h6-12,16-17H,1-3,13-15H2,(H,28,29). The van der Waals surface area contributed by atoms with Crippen molar-refractivity contribution in [1.82, 2.24) is 9.97 Å². The maximum Gasteiger partial charge on any atom is 0.196 e. The van der Waals surface area contributed by atoms with E-state index in [1.165, 1.54) is 5.56 Å². The largest absolute Gasteiger partial charge is 0.339 e. The van der Waals surface area contributed by atoms with E-state index in [2.05, 4.69) is 51.5 Å². The molecule has 0 spiro atoms. The minimum Gasteiger partial charge on any atom is -0.339 e. The summed E-state index contributed by atoms with van der Waals surface area (Å²) in [5.74, 6) is 0.714. The molecule has 1 aromatic heterocycles. The van der Waals surface area contributed by atoms with Crippen LogP contribution in [0.3, 0.4) is 0 Å². The number of H-pyrrole nitrogens is 1. The summed E-state index contributed by atoms with van der Waals surface area (Å²) in [6.07, 6.45) is 8.37. The van der Waals surface area contributed by atoms with Gasteiger partial charge in [0.2, 0.25) is 0 Å². The second-order valence-electron chi connectivity index (χ2n) is 7.00. The third-order valence-corrected chi connectivity index (χ3v) is 5.20. The molecule has 0 saturated heterocycles. The van der Waals surface area contributed by atoms with E-state index in [1.54, 1.807) is 12.1 Å². The van der Waals surface area contributed by atoms with Crippen LogP contribution in [-0.2, 0) is 5.41 Å². The van der Waals surface area contributed by atoms with Crippen molar-refractivity contribution in [2.24, 2.45) is 0 Å². The number of aromatic amines is 1. The summed E-state index contributed by atoms with van der Waals surface area (Å²) in [5.41, 5.74) is 4.16. The zero-order chi connectivity index (χ0) is 20.9. The van der Waals surface area contributed by atoms with Crippen LogP contribution in [0.15, 0.2) is 74.4 Å². The number of hydrogen-bond donors (Lipinski definition) is 1. The molecule has 0 aliphatic carbocycles. The van der Waals surface area contributed by atoms with Crippen LogP contribution in [0.5, 0.6) is 0 Å². The predicted molar refractivity (Wildman–Crippen MR) is 120 cm³/mol. The fraction of sp³-hybridized carbons (Fsp3) is 0.160. The van der Waals surface area contributed by atoms with E-state index in [-0.39, 0.29) is 5.41 Å². The number of hydrogen-bond acceptors (Lipinski definition) is 1. The van der Waals surface area contributed by atoms with Gasteiger partial charge in [0, 0.05) is 11.0 Å². The summed E-state index contributed by atoms with van der Waals surface area (Å²) < 4.78 is 0. The maximum absolute atomic E-state index is 7.24. The molecule has 0 atom stereocenters. The smallest absolute Gasteiger partial charge is 0.196 e. The van der Waals surface area contributed by atoms with Crippen LogP contribution in [0.4, 0.5) is 11.4 Å². The highest BCUT2D eigenvalue weighted by molar-refractivity contribution is 5.90. The first-order chi connectivity index (χ1) is 14.1. The number of aromatic nitrogens is 2. The van der Waals surface area contributed by atoms with Gasteiger partial charge in [-0.05, 0) is 37.0 Å². The van der Waals surface area contributed by atoms with Gasteiger partial charge >= 0.3 is 0 Å². The predicted octanol–water partition coefficient (Wildman–Crippen LogP) is 7.30. The molecule has 4 heteroatoms. The van der Waals surface area contributed by atoms with E-state index >= 15 is 0 Å². The van der Waals surface area contributed by atoms with Crippen LogP contribution in [0.1, 0.15) is 24.8 Å². The Hall–Kier alpha value is -3.89. The first-order valence-corrected chi connectivity index (χ1v) is 9.33. The number of nitrogens with one attached hydrogen (secondary N) is 1. The molecule has 4 nitrogen and oxygen atoms in total. The molecule has 3 rings (SSSR count). The van der Waals surface area contributed by atoms with E-state index in [0.29, 0.717) is 22.7 Å². The van der Waals surface area contributed by atoms with Crippen molar-refractivity contribution in [2.75, 3.05) is 0 Å². The van der Waals surface area contributed by atoms with Gasteiger partial charge in [-0.3, -0.25) is 9.69 Å². The summed E-state index contributed by atoms with van der Waals surface area (Å²) in [6, 6.07) is 11.7. The highest BCUT2D eigenvalue weighted by atomic mass is 14.9. The third kappa shape index (κ3) is 3.74. The number of benzene rings is 2. The summed E-state index contributed by atoms with van der Waals surface area (Å²) in [4.78, 5) is 14.7. The summed E-state index contributed by atoms with van der Waals surface area (Å²) in [6.45, 7) is 26.3. The first kappa shape index (κ1) is 19.9. The van der Waals surface area contributed by atoms with Gasteiger partial charge in [0.25, 0.3) is 0 Å². The van der Waals surface area contributed by atoms with E-state index in [1.807, 2.05) is 30.4 Å². The molecular weight excluding hydrogens is 356 g/mol. The van der Waals surface area contributed by atoms with Crippen molar-refractivity contribution in [1.29, 1.82) is 0 Å². The van der Waals surface area contributed by atoms with E-state index in [9.17, 15) is 0 Å². The van der Waals surface area contributed by atoms with Gasteiger partial charge in [0.1, 0.15) is 5.82 Å². The van der Waals surface area contributed by atoms with Gasteiger partial charge in [-0.2, -0.15) is 0 Å². The lowest BCUT2D eigenvalue weighted by atomic mass is 9.72. The molecule has 0 aliphatic rings. The van der Waals surface area contributed by atoms with Gasteiger partial charge in [-0.1, -0.05) is 42.5 Å². The zero-order valence-corrected chi connectivity index (χ0v) is 16.3. The zero-order valence-electron chi connectivity index (χ0n) is 16.3. The maximum atomic E-state index is 7.24. The highest BCUT2D eigenvalue weighted by Gasteiger charge is 2.28. The second-order valence-corrected chi connectivity index (χ2v) is 7.00. The summed E-state index contributed by atoms with van der Waals surface area (Å²) in [7, 11) is 0. The van der Waals surface area contributed by atoms with Gasteiger partial charge in [-0.15, -0.1) is 19.7 Å². The van der Waals surface area contributed by atoms with Crippen molar-refractivity contribution in [3.8, 4) is 11.4 Å². The van der Waals surface area contributed by atoms with Crippen LogP contribution < -0.4 is 0 Å². The average Bonchev–Trinajstić information content (AvgIpc) is 3.16. The Morgan fingerprint density at radius 3 is 1.97 bits per heavy atom. The molecule has 3 aromatic rings. The Morgan fingerprint density at radius 1 is 0.897 bits per heavy atom. The number of rotatable bonds is 8. The third-order valence-electron chi connectivity index (χ3n) is 5.20. The average molecular weight is 378 g/mol. The molecule has 0 saturated carbocycles. The van der Waals surface area contributed by atoms with Crippen LogP contribution >= 0.6 is 0 Å². The van der Waals surface area contributed by atoms with Crippen molar-refractivity contribution in [3.63, 3.8) is 0 Å². The van der Waals surface area contributed by atoms with Crippen molar-refractivity contribution in [3.05, 3.63) is 103 Å². The Bertz CT molecular complexity index is 1070. The Labute approximate surface area is 171 Å². The van der Waals surface area contributed by atoms with Gasteiger partial charge in [0.15, 0.2) is 11.4 Å². The van der Waals surface area contributed by atoms with Crippen LogP contribution in [0.25, 0.3) is 32.1 Å².